The van der Waals surface area contributed by atoms with E-state index in [0.717, 1.165) is 40.6 Å². The Bertz CT molecular complexity index is 489. The number of rotatable bonds is 2. The molecule has 0 fully saturated rings. The fourth-order valence-corrected chi connectivity index (χ4v) is 1.97. The number of nitrogens with two attached hydrogens (primary N) is 2. The molecule has 4 N–H and O–H groups in total. The van der Waals surface area contributed by atoms with Gasteiger partial charge in [0.1, 0.15) is 0 Å². The third-order valence-electron chi connectivity index (χ3n) is 2.74. The molecule has 0 unspecified atom stereocenters. The SMILES string of the molecule is CCCc1c(N)cc2ccccc2c1N. The van der Waals surface area contributed by atoms with Gasteiger partial charge in [-0.25, -0.2) is 0 Å². The zero-order chi connectivity index (χ0) is 10.8. The van der Waals surface area contributed by atoms with Gasteiger partial charge in [0.25, 0.3) is 0 Å². The van der Waals surface area contributed by atoms with Gasteiger partial charge in [-0.1, -0.05) is 37.6 Å². The van der Waals surface area contributed by atoms with Crippen molar-refractivity contribution >= 4 is 22.1 Å². The predicted octanol–water partition coefficient (Wildman–Crippen LogP) is 2.96. The summed E-state index contributed by atoms with van der Waals surface area (Å²) in [5.74, 6) is 0. The topological polar surface area (TPSA) is 52.0 Å². The van der Waals surface area contributed by atoms with E-state index in [2.05, 4.69) is 6.92 Å². The molecule has 0 aliphatic heterocycles. The summed E-state index contributed by atoms with van der Waals surface area (Å²) < 4.78 is 0. The maximum atomic E-state index is 6.13. The molecule has 0 radical (unpaired) electrons. The van der Waals surface area contributed by atoms with E-state index in [4.69, 9.17) is 11.5 Å². The lowest BCUT2D eigenvalue weighted by molar-refractivity contribution is 0.928. The van der Waals surface area contributed by atoms with Crippen LogP contribution in [0.25, 0.3) is 10.8 Å². The summed E-state index contributed by atoms with van der Waals surface area (Å²) in [4.78, 5) is 0. The second-order valence-corrected chi connectivity index (χ2v) is 3.83. The first-order chi connectivity index (χ1) is 7.24. The molecular weight excluding hydrogens is 184 g/mol. The lowest BCUT2D eigenvalue weighted by atomic mass is 9.99. The third-order valence-corrected chi connectivity index (χ3v) is 2.74. The summed E-state index contributed by atoms with van der Waals surface area (Å²) in [6.45, 7) is 2.13. The molecule has 0 spiro atoms. The third kappa shape index (κ3) is 1.63. The first-order valence-electron chi connectivity index (χ1n) is 5.29. The van der Waals surface area contributed by atoms with Gasteiger partial charge in [0.05, 0.1) is 0 Å². The molecule has 0 saturated carbocycles. The lowest BCUT2D eigenvalue weighted by Gasteiger charge is -2.11. The Hall–Kier alpha value is -1.70. The zero-order valence-electron chi connectivity index (χ0n) is 8.96. The first kappa shape index (κ1) is 9.84. The molecule has 2 aromatic carbocycles. The number of hydrogen-bond donors (Lipinski definition) is 2. The van der Waals surface area contributed by atoms with Crippen molar-refractivity contribution in [3.8, 4) is 0 Å². The first-order valence-corrected chi connectivity index (χ1v) is 5.29. The molecule has 0 heterocycles. The van der Waals surface area contributed by atoms with E-state index in [1.165, 1.54) is 0 Å². The highest BCUT2D eigenvalue weighted by Gasteiger charge is 2.07. The molecule has 2 aromatic rings. The molecule has 78 valence electrons. The van der Waals surface area contributed by atoms with Gasteiger partial charge in [-0.2, -0.15) is 0 Å². The fraction of sp³-hybridized carbons (Fsp3) is 0.231. The Morgan fingerprint density at radius 1 is 1.13 bits per heavy atom. The fourth-order valence-electron chi connectivity index (χ4n) is 1.97. The molecular formula is C13H16N2. The van der Waals surface area contributed by atoms with Crippen LogP contribution in [0.5, 0.6) is 0 Å². The summed E-state index contributed by atoms with van der Waals surface area (Å²) >= 11 is 0. The predicted molar refractivity (Wildman–Crippen MR) is 66.8 cm³/mol. The monoisotopic (exact) mass is 200 g/mol. The molecule has 0 aliphatic carbocycles. The van der Waals surface area contributed by atoms with E-state index < -0.39 is 0 Å². The molecule has 2 nitrogen and oxygen atoms in total. The Kier molecular flexibility index (Phi) is 2.50. The molecule has 2 heteroatoms. The minimum atomic E-state index is 0.813. The van der Waals surface area contributed by atoms with E-state index in [9.17, 15) is 0 Å². The molecule has 0 amide bonds. The van der Waals surface area contributed by atoms with Gasteiger partial charge < -0.3 is 11.5 Å². The van der Waals surface area contributed by atoms with Gasteiger partial charge in [-0.15, -0.1) is 0 Å². The number of anilines is 2. The van der Waals surface area contributed by atoms with E-state index in [0.29, 0.717) is 0 Å². The number of fused-ring (bicyclic) bond motifs is 1. The van der Waals surface area contributed by atoms with Crippen LogP contribution in [0.3, 0.4) is 0 Å². The smallest absolute Gasteiger partial charge is 0.0446 e. The second-order valence-electron chi connectivity index (χ2n) is 3.83. The summed E-state index contributed by atoms with van der Waals surface area (Å²) in [5, 5.41) is 2.22. The summed E-state index contributed by atoms with van der Waals surface area (Å²) in [6.07, 6.45) is 2.01. The molecule has 2 rings (SSSR count). The summed E-state index contributed by atoms with van der Waals surface area (Å²) in [6, 6.07) is 10.1. The van der Waals surface area contributed by atoms with Gasteiger partial charge >= 0.3 is 0 Å². The highest BCUT2D eigenvalue weighted by Crippen LogP contribution is 2.30. The van der Waals surface area contributed by atoms with Crippen LogP contribution < -0.4 is 11.5 Å². The average Bonchev–Trinajstić information content (AvgIpc) is 2.24. The van der Waals surface area contributed by atoms with Crippen LogP contribution >= 0.6 is 0 Å². The normalized spacial score (nSPS) is 10.7. The van der Waals surface area contributed by atoms with Crippen molar-refractivity contribution in [1.29, 1.82) is 0 Å². The Morgan fingerprint density at radius 2 is 1.87 bits per heavy atom. The summed E-state index contributed by atoms with van der Waals surface area (Å²) in [7, 11) is 0. The van der Waals surface area contributed by atoms with Crippen molar-refractivity contribution in [2.75, 3.05) is 11.5 Å². The molecule has 0 aliphatic rings. The maximum Gasteiger partial charge on any atom is 0.0446 e. The molecule has 0 bridgehead atoms. The van der Waals surface area contributed by atoms with Crippen molar-refractivity contribution in [1.82, 2.24) is 0 Å². The minimum absolute atomic E-state index is 0.813. The molecule has 0 atom stereocenters. The maximum absolute atomic E-state index is 6.13. The Balaban J connectivity index is 2.72. The molecule has 0 aromatic heterocycles. The van der Waals surface area contributed by atoms with Crippen LogP contribution in [0.4, 0.5) is 11.4 Å². The molecule has 0 saturated heterocycles. The lowest BCUT2D eigenvalue weighted by Crippen LogP contribution is -2.01. The second kappa shape index (κ2) is 3.81. The van der Waals surface area contributed by atoms with Crippen molar-refractivity contribution in [2.45, 2.75) is 19.8 Å². The van der Waals surface area contributed by atoms with E-state index >= 15 is 0 Å². The highest BCUT2D eigenvalue weighted by atomic mass is 14.6. The highest BCUT2D eigenvalue weighted by molar-refractivity contribution is 5.97. The minimum Gasteiger partial charge on any atom is -0.398 e. The quantitative estimate of drug-likeness (QED) is 0.732. The van der Waals surface area contributed by atoms with Crippen LogP contribution in [0.15, 0.2) is 30.3 Å². The van der Waals surface area contributed by atoms with Crippen LogP contribution in [0.2, 0.25) is 0 Å². The zero-order valence-corrected chi connectivity index (χ0v) is 8.96. The van der Waals surface area contributed by atoms with Gasteiger partial charge in [-0.3, -0.25) is 0 Å². The van der Waals surface area contributed by atoms with Crippen molar-refractivity contribution in [3.63, 3.8) is 0 Å². The largest absolute Gasteiger partial charge is 0.398 e. The standard InChI is InChI=1S/C13H16N2/c1-2-5-11-12(14)8-9-6-3-4-7-10(9)13(11)15/h3-4,6-8H,2,5,14-15H2,1H3. The average molecular weight is 200 g/mol. The number of hydrogen-bond acceptors (Lipinski definition) is 2. The van der Waals surface area contributed by atoms with Gasteiger partial charge in [-0.05, 0) is 23.4 Å². The van der Waals surface area contributed by atoms with E-state index in [1.54, 1.807) is 0 Å². The van der Waals surface area contributed by atoms with Crippen molar-refractivity contribution in [3.05, 3.63) is 35.9 Å². The van der Waals surface area contributed by atoms with Crippen molar-refractivity contribution < 1.29 is 0 Å². The number of nitrogen functional groups attached to an aromatic ring is 2. The summed E-state index contributed by atoms with van der Waals surface area (Å²) in [5.41, 5.74) is 14.9. The molecule has 15 heavy (non-hydrogen) atoms. The van der Waals surface area contributed by atoms with Gasteiger partial charge in [0.2, 0.25) is 0 Å². The van der Waals surface area contributed by atoms with E-state index in [1.807, 2.05) is 30.3 Å². The van der Waals surface area contributed by atoms with Crippen LogP contribution in [-0.2, 0) is 6.42 Å². The van der Waals surface area contributed by atoms with Gasteiger partial charge in [0.15, 0.2) is 0 Å². The number of benzene rings is 2. The van der Waals surface area contributed by atoms with Gasteiger partial charge in [0, 0.05) is 16.8 Å². The van der Waals surface area contributed by atoms with E-state index in [-0.39, 0.29) is 0 Å². The van der Waals surface area contributed by atoms with Crippen molar-refractivity contribution in [2.24, 2.45) is 0 Å². The Labute approximate surface area is 89.9 Å². The Morgan fingerprint density at radius 3 is 2.60 bits per heavy atom. The van der Waals surface area contributed by atoms with Crippen LogP contribution in [0.1, 0.15) is 18.9 Å². The van der Waals surface area contributed by atoms with Crippen LogP contribution in [0, 0.1) is 0 Å². The van der Waals surface area contributed by atoms with Crippen LogP contribution in [-0.4, -0.2) is 0 Å².